The summed E-state index contributed by atoms with van der Waals surface area (Å²) in [6.45, 7) is 6.67. The summed E-state index contributed by atoms with van der Waals surface area (Å²) in [5.74, 6) is 0.933. The number of aromatic nitrogens is 2. The number of imidazole rings is 1. The van der Waals surface area contributed by atoms with Gasteiger partial charge in [-0.3, -0.25) is 0 Å². The SMILES string of the molecule is CCOCCCNc1nccn1C(CC)c1ccccc1. The second-order valence-corrected chi connectivity index (χ2v) is 4.97. The summed E-state index contributed by atoms with van der Waals surface area (Å²) in [7, 11) is 0. The molecular formula is C17H25N3O. The lowest BCUT2D eigenvalue weighted by Gasteiger charge is -2.20. The smallest absolute Gasteiger partial charge is 0.203 e. The molecular weight excluding hydrogens is 262 g/mol. The number of anilines is 1. The molecule has 0 aliphatic heterocycles. The van der Waals surface area contributed by atoms with Crippen molar-refractivity contribution in [1.29, 1.82) is 0 Å². The molecule has 114 valence electrons. The summed E-state index contributed by atoms with van der Waals surface area (Å²) < 4.78 is 7.57. The molecule has 0 spiro atoms. The molecule has 0 bridgehead atoms. The van der Waals surface area contributed by atoms with Crippen LogP contribution in [0.5, 0.6) is 0 Å². The van der Waals surface area contributed by atoms with Gasteiger partial charge in [0.05, 0.1) is 6.04 Å². The predicted octanol–water partition coefficient (Wildman–Crippen LogP) is 3.72. The summed E-state index contributed by atoms with van der Waals surface area (Å²) in [5, 5.41) is 3.41. The second kappa shape index (κ2) is 8.47. The highest BCUT2D eigenvalue weighted by Crippen LogP contribution is 2.24. The zero-order valence-electron chi connectivity index (χ0n) is 13.0. The quantitative estimate of drug-likeness (QED) is 0.714. The lowest BCUT2D eigenvalue weighted by molar-refractivity contribution is 0.147. The number of hydrogen-bond acceptors (Lipinski definition) is 3. The van der Waals surface area contributed by atoms with E-state index in [0.717, 1.165) is 38.5 Å². The molecule has 0 radical (unpaired) electrons. The molecule has 0 saturated carbocycles. The third kappa shape index (κ3) is 4.33. The summed E-state index contributed by atoms with van der Waals surface area (Å²) in [6.07, 6.45) is 5.93. The molecule has 0 fully saturated rings. The van der Waals surface area contributed by atoms with Crippen molar-refractivity contribution in [3.8, 4) is 0 Å². The number of rotatable bonds is 9. The van der Waals surface area contributed by atoms with Gasteiger partial charge >= 0.3 is 0 Å². The van der Waals surface area contributed by atoms with Gasteiger partial charge in [-0.05, 0) is 25.3 Å². The fourth-order valence-corrected chi connectivity index (χ4v) is 2.49. The molecule has 1 aromatic carbocycles. The van der Waals surface area contributed by atoms with Gasteiger partial charge < -0.3 is 14.6 Å². The Labute approximate surface area is 127 Å². The normalized spacial score (nSPS) is 12.3. The van der Waals surface area contributed by atoms with Crippen molar-refractivity contribution in [3.05, 3.63) is 48.3 Å². The highest BCUT2D eigenvalue weighted by molar-refractivity contribution is 5.30. The number of ether oxygens (including phenoxy) is 1. The van der Waals surface area contributed by atoms with Crippen molar-refractivity contribution in [2.75, 3.05) is 25.1 Å². The van der Waals surface area contributed by atoms with E-state index in [0.29, 0.717) is 6.04 Å². The van der Waals surface area contributed by atoms with E-state index in [1.807, 2.05) is 19.3 Å². The minimum absolute atomic E-state index is 0.322. The van der Waals surface area contributed by atoms with Gasteiger partial charge in [-0.25, -0.2) is 4.98 Å². The van der Waals surface area contributed by atoms with Crippen molar-refractivity contribution < 1.29 is 4.74 Å². The minimum atomic E-state index is 0.322. The average molecular weight is 287 g/mol. The Morgan fingerprint density at radius 3 is 2.76 bits per heavy atom. The van der Waals surface area contributed by atoms with Crippen LogP contribution < -0.4 is 5.32 Å². The standard InChI is InChI=1S/C17H25N3O/c1-3-16(15-9-6-5-7-10-15)20-13-12-19-17(20)18-11-8-14-21-4-2/h5-7,9-10,12-13,16H,3-4,8,11,14H2,1-2H3,(H,18,19). The highest BCUT2D eigenvalue weighted by atomic mass is 16.5. The Hall–Kier alpha value is -1.81. The van der Waals surface area contributed by atoms with Gasteiger partial charge in [0.25, 0.3) is 0 Å². The molecule has 0 aliphatic carbocycles. The Kier molecular flexibility index (Phi) is 6.28. The molecule has 4 heteroatoms. The first kappa shape index (κ1) is 15.6. The predicted molar refractivity (Wildman–Crippen MR) is 86.7 cm³/mol. The molecule has 4 nitrogen and oxygen atoms in total. The van der Waals surface area contributed by atoms with Crippen LogP contribution in [0.2, 0.25) is 0 Å². The largest absolute Gasteiger partial charge is 0.382 e. The van der Waals surface area contributed by atoms with Gasteiger partial charge in [-0.2, -0.15) is 0 Å². The maximum Gasteiger partial charge on any atom is 0.203 e. The zero-order chi connectivity index (χ0) is 14.9. The van der Waals surface area contributed by atoms with Crippen LogP contribution in [0, 0.1) is 0 Å². The van der Waals surface area contributed by atoms with E-state index >= 15 is 0 Å². The van der Waals surface area contributed by atoms with Crippen molar-refractivity contribution in [3.63, 3.8) is 0 Å². The summed E-state index contributed by atoms with van der Waals surface area (Å²) in [4.78, 5) is 4.44. The molecule has 21 heavy (non-hydrogen) atoms. The second-order valence-electron chi connectivity index (χ2n) is 4.97. The molecule has 0 aliphatic rings. The van der Waals surface area contributed by atoms with Crippen molar-refractivity contribution in [1.82, 2.24) is 9.55 Å². The van der Waals surface area contributed by atoms with Crippen molar-refractivity contribution in [2.24, 2.45) is 0 Å². The molecule has 2 rings (SSSR count). The molecule has 0 saturated heterocycles. The minimum Gasteiger partial charge on any atom is -0.382 e. The van der Waals surface area contributed by atoms with Crippen molar-refractivity contribution in [2.45, 2.75) is 32.7 Å². The van der Waals surface area contributed by atoms with Crippen LogP contribution in [0.4, 0.5) is 5.95 Å². The van der Waals surface area contributed by atoms with Crippen LogP contribution in [0.1, 0.15) is 38.3 Å². The Bertz CT molecular complexity index is 510. The first-order chi connectivity index (χ1) is 10.4. The Morgan fingerprint density at radius 1 is 1.24 bits per heavy atom. The van der Waals surface area contributed by atoms with Gasteiger partial charge in [0.1, 0.15) is 0 Å². The van der Waals surface area contributed by atoms with E-state index in [4.69, 9.17) is 4.74 Å². The fourth-order valence-electron chi connectivity index (χ4n) is 2.49. The lowest BCUT2D eigenvalue weighted by Crippen LogP contribution is -2.15. The van der Waals surface area contributed by atoms with E-state index in [2.05, 4.69) is 52.1 Å². The van der Waals surface area contributed by atoms with Crippen LogP contribution in [-0.4, -0.2) is 29.3 Å². The molecule has 1 atom stereocenters. The van der Waals surface area contributed by atoms with Gasteiger partial charge in [0, 0.05) is 32.2 Å². The molecule has 0 amide bonds. The number of hydrogen-bond donors (Lipinski definition) is 1. The lowest BCUT2D eigenvalue weighted by atomic mass is 10.0. The van der Waals surface area contributed by atoms with E-state index < -0.39 is 0 Å². The van der Waals surface area contributed by atoms with E-state index in [9.17, 15) is 0 Å². The highest BCUT2D eigenvalue weighted by Gasteiger charge is 2.14. The fraction of sp³-hybridized carbons (Fsp3) is 0.471. The van der Waals surface area contributed by atoms with E-state index in [1.54, 1.807) is 0 Å². The Balaban J connectivity index is 2.01. The summed E-state index contributed by atoms with van der Waals surface area (Å²) >= 11 is 0. The van der Waals surface area contributed by atoms with Crippen LogP contribution >= 0.6 is 0 Å². The number of nitrogens with one attached hydrogen (secondary N) is 1. The van der Waals surface area contributed by atoms with Crippen LogP contribution in [0.3, 0.4) is 0 Å². The topological polar surface area (TPSA) is 39.1 Å². The Morgan fingerprint density at radius 2 is 2.05 bits per heavy atom. The molecule has 1 N–H and O–H groups in total. The maximum absolute atomic E-state index is 5.35. The first-order valence-corrected chi connectivity index (χ1v) is 7.76. The third-order valence-corrected chi connectivity index (χ3v) is 3.53. The molecule has 1 heterocycles. The molecule has 1 unspecified atom stereocenters. The van der Waals surface area contributed by atoms with Crippen LogP contribution in [-0.2, 0) is 4.74 Å². The van der Waals surface area contributed by atoms with Crippen molar-refractivity contribution >= 4 is 5.95 Å². The van der Waals surface area contributed by atoms with Gasteiger partial charge in [0.2, 0.25) is 5.95 Å². The third-order valence-electron chi connectivity index (χ3n) is 3.53. The summed E-state index contributed by atoms with van der Waals surface area (Å²) in [6, 6.07) is 10.9. The monoisotopic (exact) mass is 287 g/mol. The van der Waals surface area contributed by atoms with E-state index in [1.165, 1.54) is 5.56 Å². The van der Waals surface area contributed by atoms with Gasteiger partial charge in [-0.1, -0.05) is 37.3 Å². The summed E-state index contributed by atoms with van der Waals surface area (Å²) in [5.41, 5.74) is 1.32. The molecule has 2 aromatic rings. The van der Waals surface area contributed by atoms with Crippen LogP contribution in [0.25, 0.3) is 0 Å². The average Bonchev–Trinajstić information content (AvgIpc) is 2.97. The van der Waals surface area contributed by atoms with Crippen LogP contribution in [0.15, 0.2) is 42.7 Å². The number of benzene rings is 1. The van der Waals surface area contributed by atoms with Gasteiger partial charge in [0.15, 0.2) is 0 Å². The number of nitrogens with zero attached hydrogens (tertiary/aromatic N) is 2. The van der Waals surface area contributed by atoms with Gasteiger partial charge in [-0.15, -0.1) is 0 Å². The molecule has 1 aromatic heterocycles. The van der Waals surface area contributed by atoms with E-state index in [-0.39, 0.29) is 0 Å². The maximum atomic E-state index is 5.35. The first-order valence-electron chi connectivity index (χ1n) is 7.76. The zero-order valence-corrected chi connectivity index (χ0v) is 13.0.